The van der Waals surface area contributed by atoms with Crippen molar-refractivity contribution in [3.63, 3.8) is 0 Å². The number of benzene rings is 3. The quantitative estimate of drug-likeness (QED) is 0.232. The number of carbonyl (C=O) groups excluding carboxylic acids is 1. The van der Waals surface area contributed by atoms with Gasteiger partial charge in [-0.05, 0) is 73.7 Å². The second-order valence-corrected chi connectivity index (χ2v) is 8.49. The van der Waals surface area contributed by atoms with Crippen LogP contribution < -0.4 is 20.3 Å². The molecule has 0 atom stereocenters. The summed E-state index contributed by atoms with van der Waals surface area (Å²) in [5, 5.41) is 19.3. The lowest BCUT2D eigenvalue weighted by atomic mass is 10.1. The molecule has 2 aromatic heterocycles. The Labute approximate surface area is 226 Å². The SMILES string of the molecule is CCOc1ccn(-c2ccc(F)cc2)c(=O)c1C(=O)Nc1ccc(Oc2ccc(O)c(-c3ccn[nH]3)c2)c(F)c1. The van der Waals surface area contributed by atoms with Crippen molar-refractivity contribution in [2.45, 2.75) is 6.92 Å². The fourth-order valence-electron chi connectivity index (χ4n) is 3.99. The molecule has 0 saturated heterocycles. The maximum Gasteiger partial charge on any atom is 0.271 e. The molecule has 0 fully saturated rings. The Morgan fingerprint density at radius 1 is 1.02 bits per heavy atom. The first-order chi connectivity index (χ1) is 19.3. The molecule has 0 bridgehead atoms. The third-order valence-electron chi connectivity index (χ3n) is 5.86. The van der Waals surface area contributed by atoms with Crippen LogP contribution in [0.5, 0.6) is 23.0 Å². The summed E-state index contributed by atoms with van der Waals surface area (Å²) in [7, 11) is 0. The second kappa shape index (κ2) is 11.1. The van der Waals surface area contributed by atoms with Gasteiger partial charge in [0.15, 0.2) is 11.6 Å². The zero-order valence-corrected chi connectivity index (χ0v) is 21.0. The van der Waals surface area contributed by atoms with Gasteiger partial charge >= 0.3 is 0 Å². The van der Waals surface area contributed by atoms with Crippen LogP contribution in [-0.2, 0) is 0 Å². The van der Waals surface area contributed by atoms with Crippen LogP contribution in [0.2, 0.25) is 0 Å². The average molecular weight is 545 g/mol. The van der Waals surface area contributed by atoms with Crippen LogP contribution in [0.3, 0.4) is 0 Å². The molecule has 0 aliphatic heterocycles. The number of nitrogens with one attached hydrogen (secondary N) is 2. The van der Waals surface area contributed by atoms with Crippen LogP contribution >= 0.6 is 0 Å². The minimum Gasteiger partial charge on any atom is -0.507 e. The van der Waals surface area contributed by atoms with E-state index in [1.165, 1.54) is 77.6 Å². The molecule has 3 N–H and O–H groups in total. The third kappa shape index (κ3) is 5.39. The van der Waals surface area contributed by atoms with E-state index in [0.717, 1.165) is 6.07 Å². The molecule has 0 unspecified atom stereocenters. The first-order valence-electron chi connectivity index (χ1n) is 12.1. The fraction of sp³-hybridized carbons (Fsp3) is 0.0690. The van der Waals surface area contributed by atoms with Crippen LogP contribution in [0.15, 0.2) is 90.0 Å². The van der Waals surface area contributed by atoms with Gasteiger partial charge in [-0.25, -0.2) is 8.78 Å². The van der Waals surface area contributed by atoms with Crippen molar-refractivity contribution in [1.82, 2.24) is 14.8 Å². The summed E-state index contributed by atoms with van der Waals surface area (Å²) in [6, 6.07) is 16.5. The molecule has 0 aliphatic carbocycles. The van der Waals surface area contributed by atoms with E-state index < -0.39 is 23.1 Å². The van der Waals surface area contributed by atoms with Crippen LogP contribution in [0.25, 0.3) is 16.9 Å². The number of phenolic OH excluding ortho intramolecular Hbond substituents is 1. The first kappa shape index (κ1) is 26.2. The maximum absolute atomic E-state index is 15.0. The number of halogens is 2. The number of hydrogen-bond donors (Lipinski definition) is 3. The molecule has 11 heteroatoms. The molecule has 0 radical (unpaired) electrons. The lowest BCUT2D eigenvalue weighted by Gasteiger charge is -2.14. The van der Waals surface area contributed by atoms with Crippen LogP contribution in [0.4, 0.5) is 14.5 Å². The molecule has 0 saturated carbocycles. The zero-order valence-electron chi connectivity index (χ0n) is 21.0. The van der Waals surface area contributed by atoms with Crippen LogP contribution in [-0.4, -0.2) is 32.4 Å². The van der Waals surface area contributed by atoms with E-state index in [1.807, 2.05) is 0 Å². The highest BCUT2D eigenvalue weighted by Gasteiger charge is 2.21. The minimum atomic E-state index is -0.819. The van der Waals surface area contributed by atoms with Gasteiger partial charge in [0.1, 0.15) is 28.6 Å². The Morgan fingerprint density at radius 3 is 2.52 bits per heavy atom. The smallest absolute Gasteiger partial charge is 0.271 e. The summed E-state index contributed by atoms with van der Waals surface area (Å²) in [6.45, 7) is 1.90. The lowest BCUT2D eigenvalue weighted by molar-refractivity contribution is 0.102. The topological polar surface area (TPSA) is 118 Å². The number of nitrogens with zero attached hydrogens (tertiary/aromatic N) is 2. The second-order valence-electron chi connectivity index (χ2n) is 8.49. The van der Waals surface area contributed by atoms with E-state index in [9.17, 15) is 23.5 Å². The van der Waals surface area contributed by atoms with Gasteiger partial charge in [-0.1, -0.05) is 0 Å². The van der Waals surface area contributed by atoms with Gasteiger partial charge in [-0.2, -0.15) is 5.10 Å². The molecule has 5 aromatic rings. The van der Waals surface area contributed by atoms with E-state index in [-0.39, 0.29) is 40.9 Å². The van der Waals surface area contributed by atoms with Gasteiger partial charge in [-0.15, -0.1) is 0 Å². The fourth-order valence-corrected chi connectivity index (χ4v) is 3.99. The average Bonchev–Trinajstić information content (AvgIpc) is 3.47. The van der Waals surface area contributed by atoms with E-state index >= 15 is 0 Å². The number of hydrogen-bond acceptors (Lipinski definition) is 6. The number of ether oxygens (including phenoxy) is 2. The first-order valence-corrected chi connectivity index (χ1v) is 12.1. The predicted molar refractivity (Wildman–Crippen MR) is 143 cm³/mol. The number of pyridine rings is 1. The van der Waals surface area contributed by atoms with Crippen molar-refractivity contribution in [2.24, 2.45) is 0 Å². The monoisotopic (exact) mass is 544 g/mol. The minimum absolute atomic E-state index is 0.0130. The number of rotatable bonds is 8. The van der Waals surface area contributed by atoms with Crippen LogP contribution in [0, 0.1) is 11.6 Å². The maximum atomic E-state index is 15.0. The molecule has 2 heterocycles. The highest BCUT2D eigenvalue weighted by Crippen LogP contribution is 2.34. The Kier molecular flexibility index (Phi) is 7.27. The molecule has 1 amide bonds. The summed E-state index contributed by atoms with van der Waals surface area (Å²) in [5.74, 6) is -1.92. The number of carbonyl (C=O) groups is 1. The van der Waals surface area contributed by atoms with Crippen molar-refractivity contribution in [3.05, 3.63) is 113 Å². The molecule has 40 heavy (non-hydrogen) atoms. The number of H-pyrrole nitrogens is 1. The predicted octanol–water partition coefficient (Wildman–Crippen LogP) is 5.65. The number of amides is 1. The molecule has 0 aliphatic rings. The number of aromatic hydroxyl groups is 1. The highest BCUT2D eigenvalue weighted by atomic mass is 19.1. The van der Waals surface area contributed by atoms with E-state index in [4.69, 9.17) is 9.47 Å². The highest BCUT2D eigenvalue weighted by molar-refractivity contribution is 6.06. The van der Waals surface area contributed by atoms with E-state index in [0.29, 0.717) is 16.9 Å². The summed E-state index contributed by atoms with van der Waals surface area (Å²) in [6.07, 6.45) is 2.95. The van der Waals surface area contributed by atoms with Crippen molar-refractivity contribution < 1.29 is 28.2 Å². The van der Waals surface area contributed by atoms with Gasteiger partial charge in [-0.3, -0.25) is 19.3 Å². The molecule has 0 spiro atoms. The molecule has 5 rings (SSSR count). The van der Waals surface area contributed by atoms with Crippen molar-refractivity contribution in [2.75, 3.05) is 11.9 Å². The Hall–Kier alpha value is -5.45. The van der Waals surface area contributed by atoms with Gasteiger partial charge < -0.3 is 19.9 Å². The largest absolute Gasteiger partial charge is 0.507 e. The normalized spacial score (nSPS) is 10.8. The van der Waals surface area contributed by atoms with Gasteiger partial charge in [0, 0.05) is 35.4 Å². The number of anilines is 1. The molecule has 202 valence electrons. The van der Waals surface area contributed by atoms with Crippen molar-refractivity contribution in [3.8, 4) is 39.9 Å². The van der Waals surface area contributed by atoms with Gasteiger partial charge in [0.2, 0.25) is 0 Å². The summed E-state index contributed by atoms with van der Waals surface area (Å²) >= 11 is 0. The summed E-state index contributed by atoms with van der Waals surface area (Å²) < 4.78 is 40.7. The van der Waals surface area contributed by atoms with E-state index in [2.05, 4.69) is 15.5 Å². The zero-order chi connectivity index (χ0) is 28.2. The van der Waals surface area contributed by atoms with Crippen molar-refractivity contribution in [1.29, 1.82) is 0 Å². The van der Waals surface area contributed by atoms with Crippen LogP contribution in [0.1, 0.15) is 17.3 Å². The van der Waals surface area contributed by atoms with E-state index in [1.54, 1.807) is 13.0 Å². The van der Waals surface area contributed by atoms with Crippen molar-refractivity contribution >= 4 is 11.6 Å². The van der Waals surface area contributed by atoms with Gasteiger partial charge in [0.05, 0.1) is 12.3 Å². The molecule has 9 nitrogen and oxygen atoms in total. The molecular formula is C29H22F2N4O5. The Bertz CT molecular complexity index is 1740. The number of phenols is 1. The molecule has 3 aromatic carbocycles. The Balaban J connectivity index is 1.39. The Morgan fingerprint density at radius 2 is 1.82 bits per heavy atom. The third-order valence-corrected chi connectivity index (χ3v) is 5.86. The standard InChI is InChI=1S/C29H22F2N4O5/c1-2-39-26-12-14-35(19-6-3-17(30)4-7-19)29(38)27(26)28(37)33-18-5-10-25(22(31)15-18)40-20-8-9-24(36)21(16-20)23-11-13-32-34-23/h3-16,36H,2H2,1H3,(H,32,34)(H,33,37). The summed E-state index contributed by atoms with van der Waals surface area (Å²) in [4.78, 5) is 26.4. The summed E-state index contributed by atoms with van der Waals surface area (Å²) in [5.41, 5.74) is 0.380. The lowest BCUT2D eigenvalue weighted by Crippen LogP contribution is -2.29. The molecular weight excluding hydrogens is 522 g/mol. The van der Waals surface area contributed by atoms with Gasteiger partial charge in [0.25, 0.3) is 11.5 Å². The number of aromatic amines is 1. The number of aromatic nitrogens is 3.